The number of rotatable bonds is 4. The second kappa shape index (κ2) is 6.04. The smallest absolute Gasteiger partial charge is 0.185 e. The van der Waals surface area contributed by atoms with E-state index in [1.165, 1.54) is 0 Å². The van der Waals surface area contributed by atoms with Crippen LogP contribution in [0.3, 0.4) is 0 Å². The molecule has 7 nitrogen and oxygen atoms in total. The van der Waals surface area contributed by atoms with E-state index in [-0.39, 0.29) is 0 Å². The fourth-order valence-electron chi connectivity index (χ4n) is 2.31. The maximum Gasteiger partial charge on any atom is 0.185 e. The van der Waals surface area contributed by atoms with Gasteiger partial charge >= 0.3 is 0 Å². The van der Waals surface area contributed by atoms with Crippen molar-refractivity contribution in [3.8, 4) is 5.75 Å². The number of aryl methyl sites for hydroxylation is 2. The van der Waals surface area contributed by atoms with Gasteiger partial charge in [0.15, 0.2) is 17.2 Å². The first-order valence-electron chi connectivity index (χ1n) is 7.35. The van der Waals surface area contributed by atoms with Gasteiger partial charge in [0.2, 0.25) is 0 Å². The number of nitrogens with two attached hydrogens (primary N) is 1. The molecule has 0 spiro atoms. The third kappa shape index (κ3) is 2.98. The van der Waals surface area contributed by atoms with E-state index < -0.39 is 0 Å². The van der Waals surface area contributed by atoms with Gasteiger partial charge in [-0.3, -0.25) is 0 Å². The molecule has 2 heterocycles. The molecule has 0 unspecified atom stereocenters. The minimum Gasteiger partial charge on any atom is -0.494 e. The van der Waals surface area contributed by atoms with Crippen molar-refractivity contribution in [2.75, 3.05) is 12.3 Å². The Morgan fingerprint density at radius 1 is 1.17 bits per heavy atom. The Kier molecular flexibility index (Phi) is 3.92. The van der Waals surface area contributed by atoms with E-state index in [1.807, 2.05) is 51.1 Å². The summed E-state index contributed by atoms with van der Waals surface area (Å²) in [5.74, 6) is 1.11. The van der Waals surface area contributed by atoms with Crippen molar-refractivity contribution >= 4 is 22.8 Å². The number of hydrogen-bond acceptors (Lipinski definition) is 6. The van der Waals surface area contributed by atoms with Gasteiger partial charge in [-0.2, -0.15) is 5.11 Å². The van der Waals surface area contributed by atoms with Crippen molar-refractivity contribution in [1.82, 2.24) is 14.6 Å². The van der Waals surface area contributed by atoms with E-state index >= 15 is 0 Å². The summed E-state index contributed by atoms with van der Waals surface area (Å²) in [7, 11) is 0. The van der Waals surface area contributed by atoms with Crippen LogP contribution >= 0.6 is 0 Å². The quantitative estimate of drug-likeness (QED) is 0.743. The van der Waals surface area contributed by atoms with E-state index in [2.05, 4.69) is 20.3 Å². The fraction of sp³-hybridized carbons (Fsp3) is 0.250. The van der Waals surface area contributed by atoms with Crippen LogP contribution in [0.5, 0.6) is 5.75 Å². The Morgan fingerprint density at radius 3 is 2.61 bits per heavy atom. The van der Waals surface area contributed by atoms with Crippen molar-refractivity contribution in [3.05, 3.63) is 41.7 Å². The number of anilines is 1. The standard InChI is InChI=1S/C16H18N6O/c1-4-23-13-7-5-12(6-8-13)19-20-14-15(17)21-22-11(3)9-10(2)18-16(14)22/h5-9H,4H2,1-3H3,(H2,17,21). The highest BCUT2D eigenvalue weighted by molar-refractivity contribution is 5.75. The van der Waals surface area contributed by atoms with E-state index in [1.54, 1.807) is 4.52 Å². The Morgan fingerprint density at radius 2 is 1.91 bits per heavy atom. The lowest BCUT2D eigenvalue weighted by atomic mass is 10.3. The lowest BCUT2D eigenvalue weighted by Crippen LogP contribution is -1.97. The molecule has 23 heavy (non-hydrogen) atoms. The molecule has 0 aliphatic rings. The molecule has 1 aromatic carbocycles. The van der Waals surface area contributed by atoms with E-state index in [0.29, 0.717) is 29.4 Å². The summed E-state index contributed by atoms with van der Waals surface area (Å²) in [5, 5.41) is 12.7. The zero-order chi connectivity index (χ0) is 16.4. The maximum absolute atomic E-state index is 5.95. The van der Waals surface area contributed by atoms with Crippen LogP contribution in [0.2, 0.25) is 0 Å². The lowest BCUT2D eigenvalue weighted by molar-refractivity contribution is 0.340. The van der Waals surface area contributed by atoms with Crippen LogP contribution in [-0.2, 0) is 0 Å². The SMILES string of the molecule is CCOc1ccc(N=Nc2c(N)nn3c(C)cc(C)nc23)cc1. The van der Waals surface area contributed by atoms with Gasteiger partial charge in [0.05, 0.1) is 12.3 Å². The molecule has 7 heteroatoms. The van der Waals surface area contributed by atoms with Gasteiger partial charge in [-0.15, -0.1) is 10.2 Å². The average Bonchev–Trinajstić information content (AvgIpc) is 2.83. The highest BCUT2D eigenvalue weighted by atomic mass is 16.5. The summed E-state index contributed by atoms with van der Waals surface area (Å²) in [5.41, 5.74) is 9.57. The second-order valence-corrected chi connectivity index (χ2v) is 5.14. The van der Waals surface area contributed by atoms with Crippen LogP contribution in [0.15, 0.2) is 40.6 Å². The Balaban J connectivity index is 1.96. The molecule has 0 amide bonds. The zero-order valence-electron chi connectivity index (χ0n) is 13.3. The van der Waals surface area contributed by atoms with Gasteiger partial charge in [0.25, 0.3) is 0 Å². The molecule has 3 aromatic rings. The summed E-state index contributed by atoms with van der Waals surface area (Å²) in [4.78, 5) is 4.45. The minimum absolute atomic E-state index is 0.306. The van der Waals surface area contributed by atoms with Crippen LogP contribution in [-0.4, -0.2) is 21.2 Å². The van der Waals surface area contributed by atoms with Crippen molar-refractivity contribution in [3.63, 3.8) is 0 Å². The normalized spacial score (nSPS) is 11.4. The monoisotopic (exact) mass is 310 g/mol. The minimum atomic E-state index is 0.306. The van der Waals surface area contributed by atoms with Crippen LogP contribution in [0.4, 0.5) is 17.2 Å². The first-order valence-corrected chi connectivity index (χ1v) is 7.35. The third-order valence-corrected chi connectivity index (χ3v) is 3.31. The van der Waals surface area contributed by atoms with Crippen LogP contribution in [0.1, 0.15) is 18.3 Å². The first-order chi connectivity index (χ1) is 11.1. The van der Waals surface area contributed by atoms with Crippen molar-refractivity contribution in [2.24, 2.45) is 10.2 Å². The first kappa shape index (κ1) is 15.0. The van der Waals surface area contributed by atoms with Crippen LogP contribution in [0.25, 0.3) is 5.65 Å². The number of nitrogen functional groups attached to an aromatic ring is 1. The van der Waals surface area contributed by atoms with E-state index in [9.17, 15) is 0 Å². The molecule has 0 atom stereocenters. The molecule has 0 aliphatic carbocycles. The van der Waals surface area contributed by atoms with Crippen molar-refractivity contribution < 1.29 is 4.74 Å². The molecule has 2 N–H and O–H groups in total. The molecule has 0 aliphatic heterocycles. The predicted octanol–water partition coefficient (Wildman–Crippen LogP) is 3.74. The number of benzene rings is 1. The number of aromatic nitrogens is 3. The zero-order valence-corrected chi connectivity index (χ0v) is 13.3. The highest BCUT2D eigenvalue weighted by Crippen LogP contribution is 2.29. The lowest BCUT2D eigenvalue weighted by Gasteiger charge is -2.01. The van der Waals surface area contributed by atoms with E-state index in [4.69, 9.17) is 10.5 Å². The summed E-state index contributed by atoms with van der Waals surface area (Å²) < 4.78 is 7.07. The van der Waals surface area contributed by atoms with Gasteiger partial charge in [-0.25, -0.2) is 9.50 Å². The van der Waals surface area contributed by atoms with Gasteiger partial charge in [-0.05, 0) is 51.1 Å². The summed E-state index contributed by atoms with van der Waals surface area (Å²) >= 11 is 0. The maximum atomic E-state index is 5.95. The average molecular weight is 310 g/mol. The molecule has 3 rings (SSSR count). The molecule has 0 radical (unpaired) electrons. The molecular formula is C16H18N6O. The summed E-state index contributed by atoms with van der Waals surface area (Å²) in [6, 6.07) is 9.31. The number of hydrogen-bond donors (Lipinski definition) is 1. The molecule has 0 saturated carbocycles. The number of ether oxygens (including phenoxy) is 1. The molecule has 2 aromatic heterocycles. The van der Waals surface area contributed by atoms with Gasteiger partial charge < -0.3 is 10.5 Å². The van der Waals surface area contributed by atoms with Gasteiger partial charge in [-0.1, -0.05) is 0 Å². The second-order valence-electron chi connectivity index (χ2n) is 5.14. The van der Waals surface area contributed by atoms with Crippen molar-refractivity contribution in [2.45, 2.75) is 20.8 Å². The number of fused-ring (bicyclic) bond motifs is 1. The third-order valence-electron chi connectivity index (χ3n) is 3.31. The predicted molar refractivity (Wildman–Crippen MR) is 88.7 cm³/mol. The number of azo groups is 1. The Bertz CT molecular complexity index is 866. The van der Waals surface area contributed by atoms with Gasteiger partial charge in [0.1, 0.15) is 5.75 Å². The number of nitrogens with zero attached hydrogens (tertiary/aromatic N) is 5. The van der Waals surface area contributed by atoms with Crippen LogP contribution in [0, 0.1) is 13.8 Å². The largest absolute Gasteiger partial charge is 0.494 e. The fourth-order valence-corrected chi connectivity index (χ4v) is 2.31. The molecule has 0 fully saturated rings. The summed E-state index contributed by atoms with van der Waals surface area (Å²) in [6.45, 7) is 6.44. The van der Waals surface area contributed by atoms with Crippen molar-refractivity contribution in [1.29, 1.82) is 0 Å². The van der Waals surface area contributed by atoms with Crippen LogP contribution < -0.4 is 10.5 Å². The molecule has 0 saturated heterocycles. The molecule has 0 bridgehead atoms. The van der Waals surface area contributed by atoms with Gasteiger partial charge in [0, 0.05) is 11.4 Å². The topological polar surface area (TPSA) is 90.2 Å². The summed E-state index contributed by atoms with van der Waals surface area (Å²) in [6.07, 6.45) is 0. The Hall–Kier alpha value is -2.96. The van der Waals surface area contributed by atoms with E-state index in [0.717, 1.165) is 17.1 Å². The Labute approximate surface area is 133 Å². The molecular weight excluding hydrogens is 292 g/mol. The highest BCUT2D eigenvalue weighted by Gasteiger charge is 2.13. The molecule has 118 valence electrons.